The van der Waals surface area contributed by atoms with Crippen LogP contribution in [0.15, 0.2) is 40.1 Å². The third kappa shape index (κ3) is 4.01. The maximum Gasteiger partial charge on any atom is 0.332 e. The Bertz CT molecular complexity index is 1090. The normalized spacial score (nSPS) is 28.9. The average Bonchev–Trinajstić information content (AvgIpc) is 2.92. The molecule has 1 unspecified atom stereocenters. The van der Waals surface area contributed by atoms with Crippen LogP contribution in [-0.4, -0.2) is 71.0 Å². The third-order valence-corrected chi connectivity index (χ3v) is 5.39. The number of aromatic amines is 1. The van der Waals surface area contributed by atoms with Crippen LogP contribution in [0, 0.1) is 6.92 Å². The van der Waals surface area contributed by atoms with Gasteiger partial charge in [0.1, 0.15) is 18.4 Å². The Hall–Kier alpha value is -2.45. The minimum Gasteiger partial charge on any atom is -0.394 e. The topological polar surface area (TPSA) is 168 Å². The fourth-order valence-corrected chi connectivity index (χ4v) is 3.79. The zero-order valence-corrected chi connectivity index (χ0v) is 17.5. The molecule has 12 heteroatoms. The van der Waals surface area contributed by atoms with Crippen LogP contribution in [-0.2, 0) is 23.6 Å². The molecule has 0 saturated carbocycles. The Morgan fingerprint density at radius 2 is 2.03 bits per heavy atom. The van der Waals surface area contributed by atoms with E-state index in [9.17, 15) is 39.6 Å². The number of hydroxylamine groups is 2. The molecule has 3 rings (SSSR count). The van der Waals surface area contributed by atoms with Gasteiger partial charge >= 0.3 is 11.6 Å². The van der Waals surface area contributed by atoms with E-state index in [1.54, 1.807) is 31.2 Å². The largest absolute Gasteiger partial charge is 0.394 e. The standard InChI is InChI=1S/C20H26FN3O8/c1-11-4-3-5-13(6-11)8-24(31)19(29)16(26)15(10-25)32-20(19,30)23-9-14(7-12(2)21)17(27)22-18(23)28/h3-6,9,12,15-16,25-26,29-31H,7-8,10H2,1-2H3,(H,22,27,28)/t12?,15-,16-,19-,20+/m1/s1. The van der Waals surface area contributed by atoms with Crippen molar-refractivity contribution >= 4 is 0 Å². The van der Waals surface area contributed by atoms with Crippen LogP contribution in [0.25, 0.3) is 0 Å². The van der Waals surface area contributed by atoms with Gasteiger partial charge in [-0.1, -0.05) is 29.8 Å². The SMILES string of the molecule is Cc1cccc(CN(O)[C@@]2(O)[C@H](O)[C@@H](CO)O[C@]2(O)n2cc(CC(C)F)c(=O)[nH]c2=O)c1. The Morgan fingerprint density at radius 1 is 1.34 bits per heavy atom. The molecular weight excluding hydrogens is 429 g/mol. The summed E-state index contributed by atoms with van der Waals surface area (Å²) in [6.07, 6.45) is -4.86. The first-order valence-electron chi connectivity index (χ1n) is 9.87. The van der Waals surface area contributed by atoms with Crippen molar-refractivity contribution in [3.63, 3.8) is 0 Å². The number of halogens is 1. The monoisotopic (exact) mass is 455 g/mol. The molecule has 0 spiro atoms. The first-order chi connectivity index (χ1) is 14.9. The van der Waals surface area contributed by atoms with Gasteiger partial charge in [0.15, 0.2) is 0 Å². The van der Waals surface area contributed by atoms with Gasteiger partial charge in [0.2, 0.25) is 5.72 Å². The number of aromatic nitrogens is 2. The maximum absolute atomic E-state index is 13.5. The second kappa shape index (κ2) is 8.83. The number of nitrogens with zero attached hydrogens (tertiary/aromatic N) is 2. The Kier molecular flexibility index (Phi) is 6.67. The molecular formula is C20H26FN3O8. The Morgan fingerprint density at radius 3 is 2.62 bits per heavy atom. The van der Waals surface area contributed by atoms with Crippen LogP contribution in [0.2, 0.25) is 0 Å². The summed E-state index contributed by atoms with van der Waals surface area (Å²) in [6, 6.07) is 6.75. The first-order valence-corrected chi connectivity index (χ1v) is 9.87. The molecule has 0 aliphatic carbocycles. The number of rotatable bonds is 7. The number of ether oxygens (including phenoxy) is 1. The molecule has 0 radical (unpaired) electrons. The molecule has 0 amide bonds. The quantitative estimate of drug-likeness (QED) is 0.219. The zero-order valence-electron chi connectivity index (χ0n) is 17.5. The molecule has 1 fully saturated rings. The lowest BCUT2D eigenvalue weighted by Gasteiger charge is -2.42. The van der Waals surface area contributed by atoms with E-state index in [1.165, 1.54) is 6.92 Å². The van der Waals surface area contributed by atoms with Crippen LogP contribution < -0.4 is 11.2 Å². The van der Waals surface area contributed by atoms with Crippen LogP contribution in [0.5, 0.6) is 0 Å². The van der Waals surface area contributed by atoms with Crippen LogP contribution in [0.4, 0.5) is 4.39 Å². The minimum absolute atomic E-state index is 0.178. The van der Waals surface area contributed by atoms with Crippen molar-refractivity contribution in [2.75, 3.05) is 6.61 Å². The summed E-state index contributed by atoms with van der Waals surface area (Å²) in [7, 11) is 0. The molecule has 2 aromatic rings. The first kappa shape index (κ1) is 24.2. The van der Waals surface area contributed by atoms with Crippen LogP contribution >= 0.6 is 0 Å². The van der Waals surface area contributed by atoms with E-state index in [0.717, 1.165) is 11.8 Å². The van der Waals surface area contributed by atoms with Crippen molar-refractivity contribution in [2.45, 2.75) is 56.8 Å². The molecule has 1 aromatic heterocycles. The second-order valence-electron chi connectivity index (χ2n) is 7.93. The van der Waals surface area contributed by atoms with Gasteiger partial charge in [-0.25, -0.2) is 13.8 Å². The molecule has 0 bridgehead atoms. The van der Waals surface area contributed by atoms with E-state index >= 15 is 0 Å². The average molecular weight is 455 g/mol. The third-order valence-electron chi connectivity index (χ3n) is 5.39. The van der Waals surface area contributed by atoms with Gasteiger partial charge in [0.25, 0.3) is 5.56 Å². The number of hydrogen-bond acceptors (Lipinski definition) is 9. The number of benzene rings is 1. The summed E-state index contributed by atoms with van der Waals surface area (Å²) in [4.78, 5) is 26.4. The lowest BCUT2D eigenvalue weighted by atomic mass is 9.99. The predicted octanol–water partition coefficient (Wildman–Crippen LogP) is -1.32. The summed E-state index contributed by atoms with van der Waals surface area (Å²) >= 11 is 0. The van der Waals surface area contributed by atoms with E-state index in [2.05, 4.69) is 0 Å². The van der Waals surface area contributed by atoms with E-state index in [-0.39, 0.29) is 10.6 Å². The zero-order chi connectivity index (χ0) is 23.8. The predicted molar refractivity (Wildman–Crippen MR) is 107 cm³/mol. The van der Waals surface area contributed by atoms with Gasteiger partial charge in [-0.05, 0) is 19.4 Å². The number of nitrogens with one attached hydrogen (secondary N) is 1. The number of H-pyrrole nitrogens is 1. The number of aliphatic hydroxyl groups excluding tert-OH is 2. The number of hydrogen-bond donors (Lipinski definition) is 6. The summed E-state index contributed by atoms with van der Waals surface area (Å²) in [5.41, 5.74) is -4.21. The molecule has 176 valence electrons. The lowest BCUT2D eigenvalue weighted by Crippen LogP contribution is -2.68. The van der Waals surface area contributed by atoms with Crippen molar-refractivity contribution in [1.29, 1.82) is 0 Å². The Labute approximate surface area is 181 Å². The fourth-order valence-electron chi connectivity index (χ4n) is 3.79. The van der Waals surface area contributed by atoms with Crippen molar-refractivity contribution in [2.24, 2.45) is 0 Å². The highest BCUT2D eigenvalue weighted by molar-refractivity contribution is 5.22. The van der Waals surface area contributed by atoms with Crippen molar-refractivity contribution in [1.82, 2.24) is 14.6 Å². The summed E-state index contributed by atoms with van der Waals surface area (Å²) in [6.45, 7) is 1.65. The van der Waals surface area contributed by atoms with E-state index in [0.29, 0.717) is 10.1 Å². The number of aliphatic hydroxyl groups is 4. The molecule has 11 nitrogen and oxygen atoms in total. The number of aryl methyl sites for hydroxylation is 1. The van der Waals surface area contributed by atoms with Crippen LogP contribution in [0.3, 0.4) is 0 Å². The molecule has 1 saturated heterocycles. The van der Waals surface area contributed by atoms with Gasteiger partial charge in [-0.3, -0.25) is 9.78 Å². The maximum atomic E-state index is 13.5. The van der Waals surface area contributed by atoms with Gasteiger partial charge in [0.05, 0.1) is 13.2 Å². The number of alkyl halides is 1. The van der Waals surface area contributed by atoms with E-state index in [4.69, 9.17) is 4.74 Å². The van der Waals surface area contributed by atoms with Crippen LogP contribution in [0.1, 0.15) is 23.6 Å². The molecule has 6 N–H and O–H groups in total. The molecule has 1 aliphatic heterocycles. The van der Waals surface area contributed by atoms with Crippen molar-refractivity contribution in [3.05, 3.63) is 68.0 Å². The van der Waals surface area contributed by atoms with Gasteiger partial charge in [0, 0.05) is 18.2 Å². The smallest absolute Gasteiger partial charge is 0.332 e. The Balaban J connectivity index is 2.13. The van der Waals surface area contributed by atoms with Gasteiger partial charge in [-0.15, -0.1) is 5.06 Å². The molecule has 1 aliphatic rings. The summed E-state index contributed by atoms with van der Waals surface area (Å²) < 4.78 is 19.1. The summed E-state index contributed by atoms with van der Waals surface area (Å²) in [5, 5.41) is 53.7. The fraction of sp³-hybridized carbons (Fsp3) is 0.500. The highest BCUT2D eigenvalue weighted by Crippen LogP contribution is 2.43. The second-order valence-corrected chi connectivity index (χ2v) is 7.93. The minimum atomic E-state index is -3.17. The molecule has 1 aromatic carbocycles. The van der Waals surface area contributed by atoms with Gasteiger partial charge < -0.3 is 30.4 Å². The molecule has 5 atom stereocenters. The molecule has 32 heavy (non-hydrogen) atoms. The summed E-state index contributed by atoms with van der Waals surface area (Å²) in [5.74, 6) is -3.17. The van der Waals surface area contributed by atoms with E-state index < -0.39 is 60.8 Å². The lowest BCUT2D eigenvalue weighted by molar-refractivity contribution is -0.413. The van der Waals surface area contributed by atoms with E-state index in [1.807, 2.05) is 4.98 Å². The molecule has 2 heterocycles. The van der Waals surface area contributed by atoms with Crippen molar-refractivity contribution < 1.29 is 34.8 Å². The van der Waals surface area contributed by atoms with Gasteiger partial charge in [-0.2, -0.15) is 0 Å². The highest BCUT2D eigenvalue weighted by Gasteiger charge is 2.70. The highest BCUT2D eigenvalue weighted by atomic mass is 19.1. The van der Waals surface area contributed by atoms with Crippen molar-refractivity contribution in [3.8, 4) is 0 Å².